The van der Waals surface area contributed by atoms with Crippen molar-refractivity contribution in [1.29, 1.82) is 0 Å². The van der Waals surface area contributed by atoms with E-state index in [2.05, 4.69) is 10.3 Å². The molecule has 1 amide bonds. The van der Waals surface area contributed by atoms with Gasteiger partial charge in [-0.1, -0.05) is 12.1 Å². The number of rotatable bonds is 10. The van der Waals surface area contributed by atoms with E-state index in [4.69, 9.17) is 9.47 Å². The number of alkyl halides is 2. The summed E-state index contributed by atoms with van der Waals surface area (Å²) >= 11 is 2.75. The number of halogens is 2. The Labute approximate surface area is 198 Å². The number of hydrogen-bond acceptors (Lipinski definition) is 8. The number of nitrogens with one attached hydrogen (secondary N) is 1. The van der Waals surface area contributed by atoms with Gasteiger partial charge in [-0.3, -0.25) is 10.1 Å². The van der Waals surface area contributed by atoms with Gasteiger partial charge in [-0.05, 0) is 29.8 Å². The Hall–Kier alpha value is -2.70. The molecule has 3 aromatic rings. The number of aromatic nitrogens is 1. The summed E-state index contributed by atoms with van der Waals surface area (Å²) in [5.41, 5.74) is 1.36. The van der Waals surface area contributed by atoms with E-state index in [-0.39, 0.29) is 10.7 Å². The van der Waals surface area contributed by atoms with Crippen molar-refractivity contribution >= 4 is 44.0 Å². The third-order valence-electron chi connectivity index (χ3n) is 4.37. The molecule has 0 aliphatic carbocycles. The van der Waals surface area contributed by atoms with Crippen LogP contribution in [-0.2, 0) is 21.3 Å². The second-order valence-corrected chi connectivity index (χ2v) is 10.3. The van der Waals surface area contributed by atoms with E-state index < -0.39 is 26.4 Å². The number of carbonyl (C=O) groups is 1. The van der Waals surface area contributed by atoms with Gasteiger partial charge in [0.1, 0.15) is 11.5 Å². The minimum Gasteiger partial charge on any atom is -0.497 e. The molecule has 0 radical (unpaired) electrons. The van der Waals surface area contributed by atoms with Crippen LogP contribution in [-0.4, -0.2) is 39.3 Å². The maximum Gasteiger partial charge on any atom is 0.341 e. The second kappa shape index (κ2) is 10.9. The Morgan fingerprint density at radius 1 is 1.12 bits per heavy atom. The molecule has 2 aromatic carbocycles. The molecule has 0 bridgehead atoms. The Balaban J connectivity index is 1.64. The molecule has 12 heteroatoms. The predicted molar refractivity (Wildman–Crippen MR) is 124 cm³/mol. The summed E-state index contributed by atoms with van der Waals surface area (Å²) in [4.78, 5) is 16.1. The first-order valence-corrected chi connectivity index (χ1v) is 13.0. The van der Waals surface area contributed by atoms with Crippen molar-refractivity contribution in [2.75, 3.05) is 19.5 Å². The summed E-state index contributed by atoms with van der Waals surface area (Å²) in [6.07, 6.45) is 0. The highest BCUT2D eigenvalue weighted by Gasteiger charge is 2.31. The number of ether oxygens (including phenoxy) is 2. The van der Waals surface area contributed by atoms with Crippen molar-refractivity contribution in [3.05, 3.63) is 64.7 Å². The van der Waals surface area contributed by atoms with Crippen molar-refractivity contribution < 1.29 is 31.5 Å². The van der Waals surface area contributed by atoms with Crippen LogP contribution in [0.5, 0.6) is 11.5 Å². The number of benzene rings is 2. The Bertz CT molecular complexity index is 1210. The van der Waals surface area contributed by atoms with Gasteiger partial charge in [-0.15, -0.1) is 11.3 Å². The first-order valence-electron chi connectivity index (χ1n) is 9.41. The van der Waals surface area contributed by atoms with Gasteiger partial charge in [-0.25, -0.2) is 13.4 Å². The molecular formula is C21H20F2N2O5S3. The minimum absolute atomic E-state index is 0.239. The normalized spacial score (nSPS) is 11.4. The number of anilines is 1. The number of carbonyl (C=O) groups excluding carboxylic acids is 1. The summed E-state index contributed by atoms with van der Waals surface area (Å²) in [5.74, 6) is -1.84. The molecule has 0 saturated heterocycles. The predicted octanol–water partition coefficient (Wildman–Crippen LogP) is 4.84. The summed E-state index contributed by atoms with van der Waals surface area (Å²) in [5, 5.41) is 4.48. The largest absolute Gasteiger partial charge is 0.497 e. The fourth-order valence-corrected chi connectivity index (χ4v) is 5.42. The maximum absolute atomic E-state index is 13.0. The zero-order chi connectivity index (χ0) is 24.0. The molecule has 0 aliphatic rings. The molecule has 0 fully saturated rings. The first-order chi connectivity index (χ1) is 15.7. The van der Waals surface area contributed by atoms with E-state index in [1.807, 2.05) is 12.1 Å². The van der Waals surface area contributed by atoms with Crippen LogP contribution in [0.4, 0.5) is 13.9 Å². The third kappa shape index (κ3) is 6.21. The molecule has 7 nitrogen and oxygen atoms in total. The van der Waals surface area contributed by atoms with E-state index in [0.29, 0.717) is 28.7 Å². The number of amides is 1. The molecule has 0 spiro atoms. The SMILES string of the molecule is COc1cc(CSCc2csc(NC(=O)c3ccccc3S(=O)(=O)C(F)F)n2)cc(OC)c1. The molecule has 176 valence electrons. The highest BCUT2D eigenvalue weighted by molar-refractivity contribution is 7.97. The lowest BCUT2D eigenvalue weighted by Crippen LogP contribution is -2.19. The standard InChI is InChI=1S/C21H20F2N2O5S3/c1-29-15-7-13(8-16(9-15)30-2)10-31-11-14-12-32-21(24-14)25-19(26)17-5-3-4-6-18(17)33(27,28)20(22)23/h3-9,12,20H,10-11H2,1-2H3,(H,24,25,26). The van der Waals surface area contributed by atoms with Crippen LogP contribution >= 0.6 is 23.1 Å². The molecule has 3 rings (SSSR count). The number of nitrogens with zero attached hydrogens (tertiary/aromatic N) is 1. The summed E-state index contributed by atoms with van der Waals surface area (Å²) in [6.45, 7) is 0. The van der Waals surface area contributed by atoms with E-state index in [1.54, 1.807) is 37.4 Å². The average Bonchev–Trinajstić information content (AvgIpc) is 3.25. The third-order valence-corrected chi connectivity index (χ3v) is 7.66. The van der Waals surface area contributed by atoms with Crippen molar-refractivity contribution in [3.63, 3.8) is 0 Å². The van der Waals surface area contributed by atoms with Gasteiger partial charge in [-0.2, -0.15) is 20.5 Å². The molecular weight excluding hydrogens is 494 g/mol. The number of thioether (sulfide) groups is 1. The van der Waals surface area contributed by atoms with Crippen molar-refractivity contribution in [1.82, 2.24) is 4.98 Å². The van der Waals surface area contributed by atoms with Gasteiger partial charge >= 0.3 is 5.76 Å². The van der Waals surface area contributed by atoms with E-state index in [9.17, 15) is 22.0 Å². The Morgan fingerprint density at radius 2 is 1.79 bits per heavy atom. The summed E-state index contributed by atoms with van der Waals surface area (Å²) in [7, 11) is -1.76. The number of sulfone groups is 1. The second-order valence-electron chi connectivity index (χ2n) is 6.61. The lowest BCUT2D eigenvalue weighted by Gasteiger charge is -2.09. The quantitative estimate of drug-likeness (QED) is 0.414. The van der Waals surface area contributed by atoms with Gasteiger partial charge in [0.05, 0.1) is 30.4 Å². The molecule has 0 unspecified atom stereocenters. The molecule has 33 heavy (non-hydrogen) atoms. The lowest BCUT2D eigenvalue weighted by atomic mass is 10.2. The fourth-order valence-electron chi connectivity index (χ4n) is 2.82. The first kappa shape index (κ1) is 24.9. The Kier molecular flexibility index (Phi) is 8.27. The topological polar surface area (TPSA) is 94.6 Å². The van der Waals surface area contributed by atoms with Crippen LogP contribution < -0.4 is 14.8 Å². The number of hydrogen-bond donors (Lipinski definition) is 1. The number of thiazole rings is 1. The summed E-state index contributed by atoms with van der Waals surface area (Å²) < 4.78 is 60.2. The highest BCUT2D eigenvalue weighted by atomic mass is 32.2. The minimum atomic E-state index is -4.92. The monoisotopic (exact) mass is 514 g/mol. The van der Waals surface area contributed by atoms with Crippen LogP contribution in [0.1, 0.15) is 21.6 Å². The van der Waals surface area contributed by atoms with Gasteiger partial charge in [0, 0.05) is 23.0 Å². The number of methoxy groups -OCH3 is 2. The fraction of sp³-hybridized carbons (Fsp3) is 0.238. The van der Waals surface area contributed by atoms with Gasteiger partial charge in [0.2, 0.25) is 9.84 Å². The van der Waals surface area contributed by atoms with Crippen molar-refractivity contribution in [2.24, 2.45) is 0 Å². The van der Waals surface area contributed by atoms with E-state index in [1.165, 1.54) is 18.2 Å². The van der Waals surface area contributed by atoms with E-state index in [0.717, 1.165) is 23.0 Å². The van der Waals surface area contributed by atoms with Crippen molar-refractivity contribution in [3.8, 4) is 11.5 Å². The molecule has 0 atom stereocenters. The highest BCUT2D eigenvalue weighted by Crippen LogP contribution is 2.28. The van der Waals surface area contributed by atoms with Crippen LogP contribution in [0.25, 0.3) is 0 Å². The van der Waals surface area contributed by atoms with Crippen LogP contribution in [0.15, 0.2) is 52.7 Å². The Morgan fingerprint density at radius 3 is 2.42 bits per heavy atom. The van der Waals surface area contributed by atoms with Crippen molar-refractivity contribution in [2.45, 2.75) is 22.2 Å². The smallest absolute Gasteiger partial charge is 0.341 e. The lowest BCUT2D eigenvalue weighted by molar-refractivity contribution is 0.102. The molecule has 1 heterocycles. The summed E-state index contributed by atoms with van der Waals surface area (Å²) in [6, 6.07) is 10.4. The van der Waals surface area contributed by atoms with Gasteiger partial charge in [0.15, 0.2) is 5.13 Å². The van der Waals surface area contributed by atoms with Crippen LogP contribution in [0, 0.1) is 0 Å². The van der Waals surface area contributed by atoms with Gasteiger partial charge in [0.25, 0.3) is 5.91 Å². The average molecular weight is 515 g/mol. The zero-order valence-electron chi connectivity index (χ0n) is 17.6. The van der Waals surface area contributed by atoms with Crippen LogP contribution in [0.2, 0.25) is 0 Å². The maximum atomic E-state index is 13.0. The molecule has 1 N–H and O–H groups in total. The van der Waals surface area contributed by atoms with E-state index >= 15 is 0 Å². The zero-order valence-corrected chi connectivity index (χ0v) is 20.0. The molecule has 1 aromatic heterocycles. The van der Waals surface area contributed by atoms with Gasteiger partial charge < -0.3 is 9.47 Å². The molecule has 0 aliphatic heterocycles. The van der Waals surface area contributed by atoms with Crippen LogP contribution in [0.3, 0.4) is 0 Å². The molecule has 0 saturated carbocycles.